The average molecular weight is 466 g/mol. The van der Waals surface area contributed by atoms with Gasteiger partial charge in [0.1, 0.15) is 28.6 Å². The van der Waals surface area contributed by atoms with Crippen LogP contribution in [0, 0.1) is 0 Å². The molecule has 4 rings (SSSR count). The molecule has 1 N–H and O–H groups in total. The van der Waals surface area contributed by atoms with Crippen LogP contribution in [0.5, 0.6) is 17.2 Å². The summed E-state index contributed by atoms with van der Waals surface area (Å²) >= 11 is 0. The van der Waals surface area contributed by atoms with Crippen molar-refractivity contribution in [1.29, 1.82) is 0 Å². The van der Waals surface area contributed by atoms with Crippen molar-refractivity contribution in [2.45, 2.75) is 37.4 Å². The summed E-state index contributed by atoms with van der Waals surface area (Å²) < 4.78 is 31.6. The molecule has 0 aliphatic heterocycles. The minimum atomic E-state index is -3.72. The largest absolute Gasteiger partial charge is 0.497 e. The Labute approximate surface area is 193 Å². The number of nitrogens with one attached hydrogen (secondary N) is 1. The number of aromatic nitrogens is 1. The van der Waals surface area contributed by atoms with E-state index in [0.717, 1.165) is 12.8 Å². The first-order valence-corrected chi connectivity index (χ1v) is 12.6. The topological polar surface area (TPSA) is 86.8 Å². The molecule has 1 heterocycles. The third-order valence-electron chi connectivity index (χ3n) is 5.60. The van der Waals surface area contributed by atoms with Crippen molar-refractivity contribution in [3.05, 3.63) is 84.7 Å². The van der Waals surface area contributed by atoms with Crippen molar-refractivity contribution < 1.29 is 23.1 Å². The van der Waals surface area contributed by atoms with Gasteiger partial charge in [0.15, 0.2) is 0 Å². The first kappa shape index (κ1) is 22.9. The van der Waals surface area contributed by atoms with E-state index in [-0.39, 0.29) is 11.6 Å². The van der Waals surface area contributed by atoms with Gasteiger partial charge in [-0.15, -0.1) is 0 Å². The van der Waals surface area contributed by atoms with Crippen molar-refractivity contribution in [1.82, 2.24) is 10.3 Å². The molecule has 3 aromatic rings. The molecule has 2 unspecified atom stereocenters. The lowest BCUT2D eigenvalue weighted by Crippen LogP contribution is -2.46. The summed E-state index contributed by atoms with van der Waals surface area (Å²) in [6.07, 6.45) is 4.57. The van der Waals surface area contributed by atoms with Crippen LogP contribution in [-0.2, 0) is 4.57 Å². The summed E-state index contributed by atoms with van der Waals surface area (Å²) in [5.41, 5.74) is -0.275. The number of pyridine rings is 1. The van der Waals surface area contributed by atoms with Crippen LogP contribution in [0.1, 0.15) is 36.2 Å². The normalized spacial score (nSPS) is 18.2. The highest BCUT2D eigenvalue weighted by Gasteiger charge is 2.46. The molecule has 33 heavy (non-hydrogen) atoms. The maximum atomic E-state index is 14.3. The molecule has 1 aliphatic rings. The summed E-state index contributed by atoms with van der Waals surface area (Å²) in [5, 5.41) is 3.02. The first-order chi connectivity index (χ1) is 16.1. The second-order valence-corrected chi connectivity index (χ2v) is 9.97. The van der Waals surface area contributed by atoms with E-state index in [9.17, 15) is 9.36 Å². The fourth-order valence-corrected chi connectivity index (χ4v) is 6.28. The third kappa shape index (κ3) is 5.74. The summed E-state index contributed by atoms with van der Waals surface area (Å²) in [6, 6.07) is 20.8. The number of ether oxygens (including phenoxy) is 1. The van der Waals surface area contributed by atoms with Gasteiger partial charge in [0.25, 0.3) is 5.91 Å². The predicted molar refractivity (Wildman–Crippen MR) is 126 cm³/mol. The van der Waals surface area contributed by atoms with Crippen LogP contribution in [0.4, 0.5) is 0 Å². The monoisotopic (exact) mass is 466 g/mol. The van der Waals surface area contributed by atoms with E-state index in [2.05, 4.69) is 10.3 Å². The molecule has 2 atom stereocenters. The number of benzene rings is 2. The van der Waals surface area contributed by atoms with Gasteiger partial charge in [-0.2, -0.15) is 0 Å². The number of hydrogen-bond acceptors (Lipinski definition) is 6. The molecule has 0 radical (unpaired) electrons. The van der Waals surface area contributed by atoms with Crippen LogP contribution in [0.2, 0.25) is 0 Å². The number of amides is 1. The van der Waals surface area contributed by atoms with Gasteiger partial charge in [-0.3, -0.25) is 9.78 Å². The van der Waals surface area contributed by atoms with Crippen LogP contribution in [0.25, 0.3) is 0 Å². The summed E-state index contributed by atoms with van der Waals surface area (Å²) in [4.78, 5) is 17.1. The van der Waals surface area contributed by atoms with E-state index in [1.165, 1.54) is 13.3 Å². The Morgan fingerprint density at radius 1 is 0.909 bits per heavy atom. The predicted octanol–water partition coefficient (Wildman–Crippen LogP) is 5.48. The lowest BCUT2D eigenvalue weighted by molar-refractivity contribution is 0.0921. The van der Waals surface area contributed by atoms with Gasteiger partial charge in [-0.05, 0) is 43.2 Å². The quantitative estimate of drug-likeness (QED) is 0.442. The highest BCUT2D eigenvalue weighted by Crippen LogP contribution is 2.57. The van der Waals surface area contributed by atoms with Gasteiger partial charge < -0.3 is 19.1 Å². The molecule has 8 heteroatoms. The van der Waals surface area contributed by atoms with Crippen LogP contribution < -0.4 is 19.1 Å². The summed E-state index contributed by atoms with van der Waals surface area (Å²) in [6.45, 7) is 0. The van der Waals surface area contributed by atoms with Crippen LogP contribution in [0.15, 0.2) is 79.0 Å². The zero-order chi connectivity index (χ0) is 23.1. The second-order valence-electron chi connectivity index (χ2n) is 7.86. The SMILES string of the molecule is COc1ccnc(C(=O)NC2CCCCC2P(=O)(Oc2ccccc2)Oc2ccccc2)c1. The zero-order valence-corrected chi connectivity index (χ0v) is 19.3. The van der Waals surface area contributed by atoms with E-state index in [1.807, 2.05) is 36.4 Å². The summed E-state index contributed by atoms with van der Waals surface area (Å²) in [5.74, 6) is 1.11. The van der Waals surface area contributed by atoms with Gasteiger partial charge >= 0.3 is 7.60 Å². The maximum Gasteiger partial charge on any atom is 0.435 e. The van der Waals surface area contributed by atoms with Crippen LogP contribution in [-0.4, -0.2) is 29.7 Å². The number of rotatable bonds is 8. The number of hydrogen-bond donors (Lipinski definition) is 1. The lowest BCUT2D eigenvalue weighted by Gasteiger charge is -2.36. The van der Waals surface area contributed by atoms with Crippen molar-refractivity contribution in [2.24, 2.45) is 0 Å². The molecular weight excluding hydrogens is 439 g/mol. The number of carbonyl (C=O) groups excluding carboxylic acids is 1. The highest BCUT2D eigenvalue weighted by molar-refractivity contribution is 7.55. The number of methoxy groups -OCH3 is 1. The highest BCUT2D eigenvalue weighted by atomic mass is 31.2. The van der Waals surface area contributed by atoms with Gasteiger partial charge in [0.05, 0.1) is 7.11 Å². The Morgan fingerprint density at radius 3 is 2.12 bits per heavy atom. The molecular formula is C25H27N2O5P. The number of carbonyl (C=O) groups is 1. The molecule has 172 valence electrons. The molecule has 1 fully saturated rings. The fraction of sp³-hybridized carbons (Fsp3) is 0.280. The van der Waals surface area contributed by atoms with E-state index < -0.39 is 19.3 Å². The molecule has 0 spiro atoms. The minimum absolute atomic E-state index is 0.237. The molecule has 7 nitrogen and oxygen atoms in total. The van der Waals surface area contributed by atoms with Crippen molar-refractivity contribution in [3.8, 4) is 17.2 Å². The maximum absolute atomic E-state index is 14.3. The first-order valence-electron chi connectivity index (χ1n) is 11.0. The van der Waals surface area contributed by atoms with Gasteiger partial charge in [-0.25, -0.2) is 4.57 Å². The molecule has 1 amide bonds. The Hall–Kier alpha value is -3.31. The molecule has 1 saturated carbocycles. The average Bonchev–Trinajstić information content (AvgIpc) is 2.85. The van der Waals surface area contributed by atoms with Gasteiger partial charge in [0, 0.05) is 18.3 Å². The van der Waals surface area contributed by atoms with Crippen molar-refractivity contribution in [3.63, 3.8) is 0 Å². The van der Waals surface area contributed by atoms with Crippen LogP contribution in [0.3, 0.4) is 0 Å². The van der Waals surface area contributed by atoms with Gasteiger partial charge in [-0.1, -0.05) is 49.2 Å². The molecule has 0 bridgehead atoms. The Balaban J connectivity index is 1.61. The third-order valence-corrected chi connectivity index (χ3v) is 7.96. The number of para-hydroxylation sites is 2. The smallest absolute Gasteiger partial charge is 0.435 e. The van der Waals surface area contributed by atoms with Crippen molar-refractivity contribution in [2.75, 3.05) is 7.11 Å². The van der Waals surface area contributed by atoms with E-state index >= 15 is 0 Å². The summed E-state index contributed by atoms with van der Waals surface area (Å²) in [7, 11) is -2.18. The fourth-order valence-electron chi connectivity index (χ4n) is 3.97. The van der Waals surface area contributed by atoms with E-state index in [4.69, 9.17) is 13.8 Å². The van der Waals surface area contributed by atoms with Gasteiger partial charge in [0.2, 0.25) is 0 Å². The standard InChI is InChI=1S/C25H27N2O5P/c1-30-21-16-17-26-23(18-21)25(28)27-22-14-8-9-15-24(22)33(29,31-19-10-4-2-5-11-19)32-20-12-6-3-7-13-20/h2-7,10-13,16-18,22,24H,8-9,14-15H2,1H3,(H,27,28). The van der Waals surface area contributed by atoms with Crippen LogP contribution >= 0.6 is 7.60 Å². The minimum Gasteiger partial charge on any atom is -0.497 e. The molecule has 0 saturated heterocycles. The second kappa shape index (κ2) is 10.5. The van der Waals surface area contributed by atoms with Crippen molar-refractivity contribution >= 4 is 13.5 Å². The molecule has 1 aliphatic carbocycles. The molecule has 1 aromatic heterocycles. The Kier molecular flexibility index (Phi) is 7.30. The molecule has 2 aromatic carbocycles. The van der Waals surface area contributed by atoms with E-state index in [0.29, 0.717) is 30.1 Å². The number of nitrogens with zero attached hydrogens (tertiary/aromatic N) is 1. The lowest BCUT2D eigenvalue weighted by atomic mass is 9.94. The zero-order valence-electron chi connectivity index (χ0n) is 18.4. The Bertz CT molecular complexity index is 1060. The Morgan fingerprint density at radius 2 is 1.52 bits per heavy atom. The van der Waals surface area contributed by atoms with E-state index in [1.54, 1.807) is 36.4 Å².